The highest BCUT2D eigenvalue weighted by Crippen LogP contribution is 2.31. The van der Waals surface area contributed by atoms with E-state index >= 15 is 0 Å². The van der Waals surface area contributed by atoms with Crippen molar-refractivity contribution in [1.29, 1.82) is 0 Å². The Morgan fingerprint density at radius 1 is 1.28 bits per heavy atom. The van der Waals surface area contributed by atoms with Crippen molar-refractivity contribution >= 4 is 17.7 Å². The molecule has 0 atom stereocenters. The van der Waals surface area contributed by atoms with Crippen LogP contribution < -0.4 is 0 Å². The Labute approximate surface area is 113 Å². The van der Waals surface area contributed by atoms with Crippen molar-refractivity contribution in [2.45, 2.75) is 32.1 Å². The number of aliphatic hydroxyl groups is 1. The van der Waals surface area contributed by atoms with E-state index in [0.717, 1.165) is 24.0 Å². The Bertz CT molecular complexity index is 434. The third-order valence-corrected chi connectivity index (χ3v) is 3.94. The zero-order valence-corrected chi connectivity index (χ0v) is 11.2. The van der Waals surface area contributed by atoms with Crippen LogP contribution >= 0.6 is 11.6 Å². The number of phenolic OH excluding ortho intramolecular Hbond substituents is 1. The molecule has 1 aliphatic carbocycles. The predicted molar refractivity (Wildman–Crippen MR) is 74.8 cm³/mol. The molecular formula is C15H19ClO2. The smallest absolute Gasteiger partial charge is 0.134 e. The highest BCUT2D eigenvalue weighted by molar-refractivity contribution is 6.32. The van der Waals surface area contributed by atoms with Gasteiger partial charge < -0.3 is 10.2 Å². The number of aliphatic hydroxyl groups excluding tert-OH is 1. The Hall–Kier alpha value is -0.990. The van der Waals surface area contributed by atoms with E-state index in [-0.39, 0.29) is 12.4 Å². The molecule has 98 valence electrons. The summed E-state index contributed by atoms with van der Waals surface area (Å²) >= 11 is 5.88. The minimum atomic E-state index is 0.0945. The van der Waals surface area contributed by atoms with Crippen LogP contribution in [0.1, 0.15) is 37.7 Å². The SMILES string of the molecule is OCC(=Cc1ccc(O)c(Cl)c1)C1CCCCC1. The first kappa shape index (κ1) is 13.4. The number of rotatable bonds is 3. The highest BCUT2D eigenvalue weighted by Gasteiger charge is 2.17. The quantitative estimate of drug-likeness (QED) is 0.868. The van der Waals surface area contributed by atoms with Crippen LogP contribution in [-0.2, 0) is 0 Å². The van der Waals surface area contributed by atoms with Crippen LogP contribution in [0.5, 0.6) is 5.75 Å². The first-order valence-corrected chi connectivity index (χ1v) is 6.88. The molecule has 1 saturated carbocycles. The number of benzene rings is 1. The fourth-order valence-electron chi connectivity index (χ4n) is 2.59. The third kappa shape index (κ3) is 3.27. The Morgan fingerprint density at radius 3 is 2.61 bits per heavy atom. The van der Waals surface area contributed by atoms with Crippen LogP contribution in [0.2, 0.25) is 5.02 Å². The third-order valence-electron chi connectivity index (χ3n) is 3.64. The fraction of sp³-hybridized carbons (Fsp3) is 0.467. The van der Waals surface area contributed by atoms with Crippen molar-refractivity contribution in [2.24, 2.45) is 5.92 Å². The molecule has 0 heterocycles. The molecule has 3 heteroatoms. The minimum Gasteiger partial charge on any atom is -0.506 e. The predicted octanol–water partition coefficient (Wildman–Crippen LogP) is 4.00. The second-order valence-electron chi connectivity index (χ2n) is 4.92. The average molecular weight is 267 g/mol. The van der Waals surface area contributed by atoms with Crippen LogP contribution in [-0.4, -0.2) is 16.8 Å². The summed E-state index contributed by atoms with van der Waals surface area (Å²) in [6.45, 7) is 0.100. The van der Waals surface area contributed by atoms with Gasteiger partial charge in [-0.2, -0.15) is 0 Å². The van der Waals surface area contributed by atoms with E-state index in [2.05, 4.69) is 0 Å². The topological polar surface area (TPSA) is 40.5 Å². The van der Waals surface area contributed by atoms with E-state index in [1.54, 1.807) is 12.1 Å². The summed E-state index contributed by atoms with van der Waals surface area (Å²) in [4.78, 5) is 0. The van der Waals surface area contributed by atoms with Crippen LogP contribution in [0.3, 0.4) is 0 Å². The molecule has 2 rings (SSSR count). The average Bonchev–Trinajstić information content (AvgIpc) is 2.41. The van der Waals surface area contributed by atoms with E-state index in [9.17, 15) is 10.2 Å². The molecule has 18 heavy (non-hydrogen) atoms. The van der Waals surface area contributed by atoms with Gasteiger partial charge in [0.25, 0.3) is 0 Å². The molecule has 2 nitrogen and oxygen atoms in total. The number of halogens is 1. The van der Waals surface area contributed by atoms with Gasteiger partial charge in [-0.25, -0.2) is 0 Å². The molecule has 0 saturated heterocycles. The molecule has 0 aliphatic heterocycles. The second-order valence-corrected chi connectivity index (χ2v) is 5.33. The number of hydrogen-bond donors (Lipinski definition) is 2. The molecular weight excluding hydrogens is 248 g/mol. The van der Waals surface area contributed by atoms with Gasteiger partial charge in [-0.3, -0.25) is 0 Å². The molecule has 1 fully saturated rings. The summed E-state index contributed by atoms with van der Waals surface area (Å²) in [5.74, 6) is 0.591. The number of phenols is 1. The summed E-state index contributed by atoms with van der Waals surface area (Å²) in [6.07, 6.45) is 8.13. The van der Waals surface area contributed by atoms with Crippen molar-refractivity contribution in [2.75, 3.05) is 6.61 Å². The van der Waals surface area contributed by atoms with Gasteiger partial charge >= 0.3 is 0 Å². The molecule has 0 spiro atoms. The van der Waals surface area contributed by atoms with Gasteiger partial charge in [0.15, 0.2) is 0 Å². The van der Waals surface area contributed by atoms with Crippen molar-refractivity contribution in [3.05, 3.63) is 34.4 Å². The standard InChI is InChI=1S/C15H19ClO2/c16-14-9-11(6-7-15(14)18)8-13(10-17)12-4-2-1-3-5-12/h6-9,12,17-18H,1-5,10H2. The maximum Gasteiger partial charge on any atom is 0.134 e. The Kier molecular flexibility index (Phi) is 4.67. The second kappa shape index (κ2) is 6.26. The molecule has 0 unspecified atom stereocenters. The summed E-state index contributed by atoms with van der Waals surface area (Å²) in [7, 11) is 0. The summed E-state index contributed by atoms with van der Waals surface area (Å²) in [6, 6.07) is 5.14. The van der Waals surface area contributed by atoms with Crippen LogP contribution in [0.4, 0.5) is 0 Å². The van der Waals surface area contributed by atoms with Crippen molar-refractivity contribution in [3.63, 3.8) is 0 Å². The van der Waals surface area contributed by atoms with E-state index in [4.69, 9.17) is 11.6 Å². The summed E-state index contributed by atoms with van der Waals surface area (Å²) in [5.41, 5.74) is 2.02. The largest absolute Gasteiger partial charge is 0.506 e. The zero-order valence-electron chi connectivity index (χ0n) is 10.4. The molecule has 0 amide bonds. The van der Waals surface area contributed by atoms with Gasteiger partial charge in [-0.05, 0) is 42.0 Å². The summed E-state index contributed by atoms with van der Waals surface area (Å²) < 4.78 is 0. The van der Waals surface area contributed by atoms with Crippen molar-refractivity contribution in [3.8, 4) is 5.75 Å². The molecule has 0 bridgehead atoms. The lowest BCUT2D eigenvalue weighted by molar-refractivity contribution is 0.295. The first-order chi connectivity index (χ1) is 8.70. The summed E-state index contributed by atoms with van der Waals surface area (Å²) in [5, 5.41) is 19.2. The fourth-order valence-corrected chi connectivity index (χ4v) is 2.78. The first-order valence-electron chi connectivity index (χ1n) is 6.50. The lowest BCUT2D eigenvalue weighted by Gasteiger charge is -2.23. The normalized spacial score (nSPS) is 18.0. The molecule has 0 aromatic heterocycles. The van der Waals surface area contributed by atoms with Crippen molar-refractivity contribution < 1.29 is 10.2 Å². The van der Waals surface area contributed by atoms with Gasteiger partial charge in [0.1, 0.15) is 5.75 Å². The van der Waals surface area contributed by atoms with Gasteiger partial charge in [0.05, 0.1) is 11.6 Å². The Morgan fingerprint density at radius 2 is 2.00 bits per heavy atom. The maximum atomic E-state index is 9.51. The van der Waals surface area contributed by atoms with Crippen LogP contribution in [0.25, 0.3) is 6.08 Å². The monoisotopic (exact) mass is 266 g/mol. The van der Waals surface area contributed by atoms with E-state index < -0.39 is 0 Å². The van der Waals surface area contributed by atoms with Gasteiger partial charge in [0.2, 0.25) is 0 Å². The van der Waals surface area contributed by atoms with E-state index in [1.165, 1.54) is 19.3 Å². The van der Waals surface area contributed by atoms with E-state index in [0.29, 0.717) is 10.9 Å². The molecule has 1 aromatic rings. The highest BCUT2D eigenvalue weighted by atomic mass is 35.5. The molecule has 2 N–H and O–H groups in total. The Balaban J connectivity index is 2.19. The van der Waals surface area contributed by atoms with Gasteiger partial charge in [0, 0.05) is 0 Å². The number of hydrogen-bond acceptors (Lipinski definition) is 2. The zero-order chi connectivity index (χ0) is 13.0. The van der Waals surface area contributed by atoms with Gasteiger partial charge in [-0.1, -0.05) is 43.0 Å². The molecule has 1 aromatic carbocycles. The molecule has 1 aliphatic rings. The van der Waals surface area contributed by atoms with E-state index in [1.807, 2.05) is 12.1 Å². The minimum absolute atomic E-state index is 0.0945. The lowest BCUT2D eigenvalue weighted by atomic mass is 9.83. The van der Waals surface area contributed by atoms with Crippen LogP contribution in [0, 0.1) is 5.92 Å². The van der Waals surface area contributed by atoms with Crippen molar-refractivity contribution in [1.82, 2.24) is 0 Å². The van der Waals surface area contributed by atoms with Crippen LogP contribution in [0.15, 0.2) is 23.8 Å². The number of aromatic hydroxyl groups is 1. The lowest BCUT2D eigenvalue weighted by Crippen LogP contribution is -2.11. The molecule has 0 radical (unpaired) electrons. The maximum absolute atomic E-state index is 9.51. The van der Waals surface area contributed by atoms with Gasteiger partial charge in [-0.15, -0.1) is 0 Å².